The molecule has 0 heterocycles. The predicted octanol–water partition coefficient (Wildman–Crippen LogP) is 5.00. The summed E-state index contributed by atoms with van der Waals surface area (Å²) < 4.78 is 24.1. The van der Waals surface area contributed by atoms with Gasteiger partial charge in [0.05, 0.1) is 0 Å². The maximum atomic E-state index is 12.1. The van der Waals surface area contributed by atoms with E-state index in [2.05, 4.69) is 0 Å². The average Bonchev–Trinajstić information content (AvgIpc) is 2.25. The molecule has 0 aromatic heterocycles. The molecule has 0 N–H and O–H groups in total. The van der Waals surface area contributed by atoms with Crippen LogP contribution in [-0.2, 0) is 9.13 Å². The minimum absolute atomic E-state index is 0.703. The molecule has 86 valence electrons. The summed E-state index contributed by atoms with van der Waals surface area (Å²) in [5, 5.41) is 0. The summed E-state index contributed by atoms with van der Waals surface area (Å²) in [7, 11) is 2.78. The van der Waals surface area contributed by atoms with E-state index < -0.39 is 12.7 Å². The van der Waals surface area contributed by atoms with Crippen LogP contribution in [0.3, 0.4) is 0 Å². The molecule has 0 saturated heterocycles. The highest BCUT2D eigenvalue weighted by Gasteiger charge is 2.25. The Morgan fingerprint density at radius 3 is 1.07 bits per heavy atom. The van der Waals surface area contributed by atoms with Gasteiger partial charge in [-0.05, 0) is 20.8 Å². The summed E-state index contributed by atoms with van der Waals surface area (Å²) in [6, 6.07) is 0. The van der Waals surface area contributed by atoms with Crippen LogP contribution in [-0.4, -0.2) is 24.6 Å². The molecule has 0 bridgehead atoms. The third-order valence-electron chi connectivity index (χ3n) is 2.23. The van der Waals surface area contributed by atoms with Crippen molar-refractivity contribution in [2.24, 2.45) is 0 Å². The molecule has 2 nitrogen and oxygen atoms in total. The fourth-order valence-electron chi connectivity index (χ4n) is 0.780. The first-order valence-electron chi connectivity index (χ1n) is 4.99. The molecule has 0 atom stereocenters. The monoisotopic (exact) mass is 274 g/mol. The smallest absolute Gasteiger partial charge is 0.149 e. The Kier molecular flexibility index (Phi) is 7.23. The first-order valence-corrected chi connectivity index (χ1v) is 12.5. The minimum Gasteiger partial charge on any atom is -0.311 e. The van der Waals surface area contributed by atoms with Crippen LogP contribution in [0.25, 0.3) is 0 Å². The largest absolute Gasteiger partial charge is 0.311 e. The van der Waals surface area contributed by atoms with Crippen molar-refractivity contribution < 1.29 is 9.13 Å². The van der Waals surface area contributed by atoms with Crippen LogP contribution >= 0.6 is 33.5 Å². The zero-order valence-corrected chi connectivity index (χ0v) is 12.8. The molecule has 6 heteroatoms. The van der Waals surface area contributed by atoms with Gasteiger partial charge in [-0.2, -0.15) is 0 Å². The first kappa shape index (κ1) is 15.2. The summed E-state index contributed by atoms with van der Waals surface area (Å²) in [5.74, 6) is 0. The summed E-state index contributed by atoms with van der Waals surface area (Å²) in [6.07, 6.45) is -1.38. The van der Waals surface area contributed by atoms with Gasteiger partial charge >= 0.3 is 0 Å². The highest BCUT2D eigenvalue weighted by atomic mass is 33.5. The van der Waals surface area contributed by atoms with Gasteiger partial charge in [-0.25, -0.2) is 0 Å². The minimum atomic E-state index is -2.10. The summed E-state index contributed by atoms with van der Waals surface area (Å²) in [6.45, 7) is 7.78. The Morgan fingerprint density at radius 2 is 0.929 bits per heavy atom. The zero-order valence-electron chi connectivity index (χ0n) is 9.36. The van der Waals surface area contributed by atoms with Crippen LogP contribution in [0.1, 0.15) is 27.7 Å². The van der Waals surface area contributed by atoms with Gasteiger partial charge in [0, 0.05) is 24.6 Å². The molecule has 0 aliphatic carbocycles. The lowest BCUT2D eigenvalue weighted by molar-refractivity contribution is 0.585. The Bertz CT molecular complexity index is 214. The second-order valence-corrected chi connectivity index (χ2v) is 16.7. The molecule has 0 rings (SSSR count). The van der Waals surface area contributed by atoms with E-state index in [1.54, 1.807) is 0 Å². The summed E-state index contributed by atoms with van der Waals surface area (Å²) in [4.78, 5) is 0. The summed E-state index contributed by atoms with van der Waals surface area (Å²) >= 11 is 0. The Balaban J connectivity index is 4.29. The lowest BCUT2D eigenvalue weighted by Gasteiger charge is -2.17. The Hall–Kier alpha value is 1.16. The molecule has 0 aliphatic heterocycles. The van der Waals surface area contributed by atoms with Crippen molar-refractivity contribution in [3.05, 3.63) is 0 Å². The van der Waals surface area contributed by atoms with Crippen molar-refractivity contribution in [3.8, 4) is 0 Å². The topological polar surface area (TPSA) is 34.1 Å². The van der Waals surface area contributed by atoms with Crippen LogP contribution in [0.2, 0.25) is 0 Å². The number of hydrogen-bond acceptors (Lipinski definition) is 4. The van der Waals surface area contributed by atoms with Crippen LogP contribution in [0.15, 0.2) is 0 Å². The Morgan fingerprint density at radius 1 is 0.714 bits per heavy atom. The maximum Gasteiger partial charge on any atom is 0.149 e. The standard InChI is InChI=1S/C8H20O2P2S2/c1-5-11(9,6-2)13-14-12(10,7-3)8-4/h5-8H2,1-4H3. The molecular formula is C8H20O2P2S2. The molecule has 0 amide bonds. The van der Waals surface area contributed by atoms with Gasteiger partial charge in [-0.3, -0.25) is 0 Å². The van der Waals surface area contributed by atoms with Crippen molar-refractivity contribution in [3.63, 3.8) is 0 Å². The molecule has 0 unspecified atom stereocenters. The van der Waals surface area contributed by atoms with E-state index in [4.69, 9.17) is 0 Å². The maximum absolute atomic E-state index is 12.1. The molecule has 0 aliphatic rings. The third kappa shape index (κ3) is 4.79. The third-order valence-corrected chi connectivity index (χ3v) is 18.9. The van der Waals surface area contributed by atoms with E-state index in [0.29, 0.717) is 24.6 Å². The van der Waals surface area contributed by atoms with Gasteiger partial charge < -0.3 is 9.13 Å². The number of hydrogen-bond donors (Lipinski definition) is 0. The van der Waals surface area contributed by atoms with Crippen molar-refractivity contribution >= 4 is 33.5 Å². The van der Waals surface area contributed by atoms with Gasteiger partial charge in [0.2, 0.25) is 0 Å². The second-order valence-electron chi connectivity index (χ2n) is 3.04. The second kappa shape index (κ2) is 6.68. The Labute approximate surface area is 95.0 Å². The molecule has 0 saturated carbocycles. The highest BCUT2D eigenvalue weighted by molar-refractivity contribution is 9.14. The summed E-state index contributed by atoms with van der Waals surface area (Å²) in [5.41, 5.74) is 0. The predicted molar refractivity (Wildman–Crippen MR) is 72.6 cm³/mol. The van der Waals surface area contributed by atoms with Crippen LogP contribution in [0.4, 0.5) is 0 Å². The van der Waals surface area contributed by atoms with Gasteiger partial charge in [-0.1, -0.05) is 27.7 Å². The van der Waals surface area contributed by atoms with Crippen molar-refractivity contribution in [1.82, 2.24) is 0 Å². The van der Waals surface area contributed by atoms with Gasteiger partial charge in [-0.15, -0.1) is 0 Å². The first-order chi connectivity index (χ1) is 6.45. The SMILES string of the molecule is CCP(=O)(CC)SSP(=O)(CC)CC. The molecule has 14 heavy (non-hydrogen) atoms. The van der Waals surface area contributed by atoms with E-state index >= 15 is 0 Å². The molecule has 0 aromatic carbocycles. The molecular weight excluding hydrogens is 254 g/mol. The lowest BCUT2D eigenvalue weighted by atomic mass is 11.0. The van der Waals surface area contributed by atoms with Crippen LogP contribution in [0.5, 0.6) is 0 Å². The quantitative estimate of drug-likeness (QED) is 0.483. The van der Waals surface area contributed by atoms with Gasteiger partial charge in [0.25, 0.3) is 0 Å². The van der Waals surface area contributed by atoms with Crippen molar-refractivity contribution in [2.45, 2.75) is 27.7 Å². The van der Waals surface area contributed by atoms with E-state index in [1.807, 2.05) is 27.7 Å². The van der Waals surface area contributed by atoms with Crippen LogP contribution in [0, 0.1) is 0 Å². The zero-order chi connectivity index (χ0) is 11.2. The van der Waals surface area contributed by atoms with E-state index in [1.165, 1.54) is 20.8 Å². The van der Waals surface area contributed by atoms with Crippen molar-refractivity contribution in [2.75, 3.05) is 24.6 Å². The molecule has 0 spiro atoms. The fourth-order valence-corrected chi connectivity index (χ4v) is 16.9. The average molecular weight is 274 g/mol. The van der Waals surface area contributed by atoms with Gasteiger partial charge in [0.1, 0.15) is 12.7 Å². The fraction of sp³-hybridized carbons (Fsp3) is 1.00. The van der Waals surface area contributed by atoms with E-state index in [9.17, 15) is 9.13 Å². The van der Waals surface area contributed by atoms with Crippen molar-refractivity contribution in [1.29, 1.82) is 0 Å². The molecule has 0 fully saturated rings. The highest BCUT2D eigenvalue weighted by Crippen LogP contribution is 2.74. The lowest BCUT2D eigenvalue weighted by Crippen LogP contribution is -1.85. The van der Waals surface area contributed by atoms with Crippen LogP contribution < -0.4 is 0 Å². The van der Waals surface area contributed by atoms with E-state index in [0.717, 1.165) is 0 Å². The normalized spacial score (nSPS) is 13.1. The number of rotatable bonds is 7. The van der Waals surface area contributed by atoms with Gasteiger partial charge in [0.15, 0.2) is 0 Å². The molecule has 0 radical (unpaired) electrons. The van der Waals surface area contributed by atoms with E-state index in [-0.39, 0.29) is 0 Å². The molecule has 0 aromatic rings.